The zero-order chi connectivity index (χ0) is 24.1. The minimum atomic E-state index is -0.449. The molecule has 0 aliphatic heterocycles. The van der Waals surface area contributed by atoms with Crippen molar-refractivity contribution in [1.82, 2.24) is 9.99 Å². The van der Waals surface area contributed by atoms with Crippen LogP contribution in [0.3, 0.4) is 0 Å². The zero-order valence-electron chi connectivity index (χ0n) is 18.9. The van der Waals surface area contributed by atoms with Gasteiger partial charge < -0.3 is 14.0 Å². The summed E-state index contributed by atoms with van der Waals surface area (Å²) in [5, 5.41) is 5.84. The third-order valence-electron chi connectivity index (χ3n) is 5.15. The van der Waals surface area contributed by atoms with Crippen molar-refractivity contribution in [2.24, 2.45) is 5.10 Å². The molecule has 0 radical (unpaired) electrons. The van der Waals surface area contributed by atoms with Gasteiger partial charge in [0.15, 0.2) is 11.5 Å². The number of amides is 1. The van der Waals surface area contributed by atoms with Gasteiger partial charge in [-0.1, -0.05) is 6.07 Å². The highest BCUT2D eigenvalue weighted by molar-refractivity contribution is 7.12. The quantitative estimate of drug-likeness (QED) is 0.174. The molecule has 0 fully saturated rings. The summed E-state index contributed by atoms with van der Waals surface area (Å²) in [6.07, 6.45) is 1.49. The Labute approximate surface area is 201 Å². The van der Waals surface area contributed by atoms with Gasteiger partial charge >= 0.3 is 5.97 Å². The first kappa shape index (κ1) is 23.0. The number of nitrogens with one attached hydrogen (secondary N) is 1. The van der Waals surface area contributed by atoms with E-state index in [2.05, 4.69) is 27.2 Å². The van der Waals surface area contributed by atoms with Gasteiger partial charge in [-0.25, -0.2) is 10.2 Å². The second-order valence-electron chi connectivity index (χ2n) is 7.47. The molecule has 0 bridgehead atoms. The van der Waals surface area contributed by atoms with Crippen molar-refractivity contribution in [3.63, 3.8) is 0 Å². The van der Waals surface area contributed by atoms with Crippen LogP contribution in [0.4, 0.5) is 0 Å². The van der Waals surface area contributed by atoms with Crippen molar-refractivity contribution >= 4 is 29.4 Å². The van der Waals surface area contributed by atoms with Crippen molar-refractivity contribution in [2.75, 3.05) is 7.11 Å². The summed E-state index contributed by atoms with van der Waals surface area (Å²) in [5.41, 5.74) is 6.94. The lowest BCUT2D eigenvalue weighted by molar-refractivity contribution is 0.0734. The molecular weight excluding hydrogens is 450 g/mol. The Morgan fingerprint density at radius 3 is 2.35 bits per heavy atom. The lowest BCUT2D eigenvalue weighted by Gasteiger charge is -2.10. The highest BCUT2D eigenvalue weighted by atomic mass is 32.1. The van der Waals surface area contributed by atoms with Gasteiger partial charge in [-0.05, 0) is 85.5 Å². The fourth-order valence-corrected chi connectivity index (χ4v) is 4.06. The number of esters is 1. The van der Waals surface area contributed by atoms with E-state index in [0.29, 0.717) is 27.5 Å². The average molecular weight is 474 g/mol. The number of aryl methyl sites for hydroxylation is 2. The molecule has 8 heteroatoms. The second-order valence-corrected chi connectivity index (χ2v) is 8.42. The van der Waals surface area contributed by atoms with Crippen LogP contribution >= 0.6 is 11.3 Å². The number of aromatic nitrogens is 1. The van der Waals surface area contributed by atoms with Gasteiger partial charge in [0.2, 0.25) is 0 Å². The summed E-state index contributed by atoms with van der Waals surface area (Å²) in [4.78, 5) is 25.2. The number of hydrogen-bond donors (Lipinski definition) is 1. The third kappa shape index (κ3) is 5.07. The molecule has 172 valence electrons. The Kier molecular flexibility index (Phi) is 6.89. The summed E-state index contributed by atoms with van der Waals surface area (Å²) in [6.45, 7) is 4.08. The molecule has 4 rings (SSSR count). The van der Waals surface area contributed by atoms with E-state index < -0.39 is 5.97 Å². The monoisotopic (exact) mass is 473 g/mol. The molecular formula is C26H23N3O4S. The molecule has 2 aromatic heterocycles. The fourth-order valence-electron chi connectivity index (χ4n) is 3.46. The van der Waals surface area contributed by atoms with Gasteiger partial charge in [0.1, 0.15) is 4.88 Å². The maximum atomic E-state index is 12.5. The van der Waals surface area contributed by atoms with E-state index in [1.807, 2.05) is 26.0 Å². The van der Waals surface area contributed by atoms with E-state index in [1.165, 1.54) is 24.7 Å². The molecule has 4 aromatic rings. The van der Waals surface area contributed by atoms with E-state index in [9.17, 15) is 9.59 Å². The minimum Gasteiger partial charge on any atom is -0.493 e. The van der Waals surface area contributed by atoms with E-state index in [0.717, 1.165) is 17.1 Å². The molecule has 0 saturated carbocycles. The lowest BCUT2D eigenvalue weighted by atomic mass is 10.2. The molecule has 1 amide bonds. The molecule has 0 aliphatic rings. The minimum absolute atomic E-state index is 0.301. The van der Waals surface area contributed by atoms with Gasteiger partial charge in [0, 0.05) is 22.6 Å². The number of methoxy groups -OCH3 is 1. The number of benzene rings is 2. The molecule has 2 heterocycles. The third-order valence-corrected chi connectivity index (χ3v) is 6.00. The Morgan fingerprint density at radius 1 is 0.971 bits per heavy atom. The van der Waals surface area contributed by atoms with Crippen LogP contribution in [0.1, 0.15) is 37.0 Å². The largest absolute Gasteiger partial charge is 0.493 e. The van der Waals surface area contributed by atoms with E-state index in [1.54, 1.807) is 47.8 Å². The summed E-state index contributed by atoms with van der Waals surface area (Å²) in [7, 11) is 1.49. The van der Waals surface area contributed by atoms with Crippen LogP contribution in [0.5, 0.6) is 11.5 Å². The number of hydrogen-bond acceptors (Lipinski definition) is 6. The molecule has 0 unspecified atom stereocenters. The predicted molar refractivity (Wildman–Crippen MR) is 133 cm³/mol. The average Bonchev–Trinajstić information content (AvgIpc) is 3.50. The van der Waals surface area contributed by atoms with Crippen LogP contribution in [0.2, 0.25) is 0 Å². The van der Waals surface area contributed by atoms with Crippen LogP contribution in [0.25, 0.3) is 5.69 Å². The number of nitrogens with zero attached hydrogens (tertiary/aromatic N) is 2. The number of carbonyl (C=O) groups is 2. The molecule has 0 spiro atoms. The Balaban J connectivity index is 1.40. The Bertz CT molecular complexity index is 1320. The van der Waals surface area contributed by atoms with Crippen LogP contribution in [0, 0.1) is 13.8 Å². The summed E-state index contributed by atoms with van der Waals surface area (Å²) >= 11 is 1.30. The van der Waals surface area contributed by atoms with Crippen LogP contribution in [0.15, 0.2) is 77.2 Å². The SMILES string of the molecule is COc1cc(C=NNC(=O)c2ccc(-n3c(C)ccc3C)cc2)ccc1OC(=O)c1cccs1. The molecule has 0 saturated heterocycles. The van der Waals surface area contributed by atoms with E-state index in [-0.39, 0.29) is 5.91 Å². The predicted octanol–water partition coefficient (Wildman–Crippen LogP) is 5.15. The van der Waals surface area contributed by atoms with Gasteiger partial charge in [-0.2, -0.15) is 5.10 Å². The number of ether oxygens (including phenoxy) is 2. The number of thiophene rings is 1. The molecule has 1 N–H and O–H groups in total. The first-order valence-electron chi connectivity index (χ1n) is 10.5. The van der Waals surface area contributed by atoms with Crippen molar-refractivity contribution in [1.29, 1.82) is 0 Å². The first-order chi connectivity index (χ1) is 16.5. The Morgan fingerprint density at radius 2 is 1.71 bits per heavy atom. The highest BCUT2D eigenvalue weighted by Crippen LogP contribution is 2.29. The fraction of sp³-hybridized carbons (Fsp3) is 0.115. The van der Waals surface area contributed by atoms with E-state index in [4.69, 9.17) is 9.47 Å². The van der Waals surface area contributed by atoms with Crippen molar-refractivity contribution in [3.05, 3.63) is 99.5 Å². The normalized spacial score (nSPS) is 10.9. The lowest BCUT2D eigenvalue weighted by Crippen LogP contribution is -2.17. The van der Waals surface area contributed by atoms with Crippen LogP contribution in [-0.2, 0) is 0 Å². The summed E-state index contributed by atoms with van der Waals surface area (Å²) in [5.74, 6) is -0.0889. The molecule has 0 aliphatic carbocycles. The van der Waals surface area contributed by atoms with Crippen molar-refractivity contribution in [2.45, 2.75) is 13.8 Å². The van der Waals surface area contributed by atoms with Crippen LogP contribution < -0.4 is 14.9 Å². The number of rotatable bonds is 7. The van der Waals surface area contributed by atoms with Gasteiger partial charge in [-0.3, -0.25) is 4.79 Å². The highest BCUT2D eigenvalue weighted by Gasteiger charge is 2.13. The topological polar surface area (TPSA) is 81.9 Å². The maximum Gasteiger partial charge on any atom is 0.353 e. The molecule has 7 nitrogen and oxygen atoms in total. The van der Waals surface area contributed by atoms with Gasteiger partial charge in [-0.15, -0.1) is 11.3 Å². The first-order valence-corrected chi connectivity index (χ1v) is 11.4. The van der Waals surface area contributed by atoms with Crippen molar-refractivity contribution < 1.29 is 19.1 Å². The number of hydrazone groups is 1. The smallest absolute Gasteiger partial charge is 0.353 e. The number of carbonyl (C=O) groups excluding carboxylic acids is 2. The molecule has 0 atom stereocenters. The van der Waals surface area contributed by atoms with Crippen molar-refractivity contribution in [3.8, 4) is 17.2 Å². The summed E-state index contributed by atoms with van der Waals surface area (Å²) in [6, 6.07) is 19.9. The Hall–Kier alpha value is -4.17. The molecule has 34 heavy (non-hydrogen) atoms. The maximum absolute atomic E-state index is 12.5. The van der Waals surface area contributed by atoms with Crippen LogP contribution in [-0.4, -0.2) is 29.8 Å². The van der Waals surface area contributed by atoms with Gasteiger partial charge in [0.25, 0.3) is 5.91 Å². The van der Waals surface area contributed by atoms with Gasteiger partial charge in [0.05, 0.1) is 13.3 Å². The van der Waals surface area contributed by atoms with E-state index >= 15 is 0 Å². The molecule has 2 aromatic carbocycles. The second kappa shape index (κ2) is 10.2. The summed E-state index contributed by atoms with van der Waals surface area (Å²) < 4.78 is 12.9. The zero-order valence-corrected chi connectivity index (χ0v) is 19.8. The standard InChI is InChI=1S/C26H23N3O4S/c1-17-6-7-18(2)29(17)21-11-9-20(10-12-21)25(30)28-27-16-19-8-13-22(23(15-19)32-3)33-26(31)24-5-4-14-34-24/h4-16H,1-3H3,(H,28,30).